The molecule has 18 heavy (non-hydrogen) atoms. The molecule has 0 aromatic carbocycles. The van der Waals surface area contributed by atoms with Crippen LogP contribution >= 0.6 is 11.8 Å². The summed E-state index contributed by atoms with van der Waals surface area (Å²) in [6, 6.07) is 0. The van der Waals surface area contributed by atoms with Gasteiger partial charge in [0.2, 0.25) is 0 Å². The molecule has 0 bridgehead atoms. The lowest BCUT2D eigenvalue weighted by molar-refractivity contribution is 0.0521. The van der Waals surface area contributed by atoms with Gasteiger partial charge in [-0.1, -0.05) is 0 Å². The lowest BCUT2D eigenvalue weighted by atomic mass is 10.2. The third-order valence-corrected chi connectivity index (χ3v) is 3.59. The van der Waals surface area contributed by atoms with Crippen LogP contribution in [0.4, 0.5) is 0 Å². The van der Waals surface area contributed by atoms with Gasteiger partial charge >= 0.3 is 5.97 Å². The zero-order valence-corrected chi connectivity index (χ0v) is 11.3. The molecule has 1 fully saturated rings. The quantitative estimate of drug-likeness (QED) is 0.779. The number of nitrogens with zero attached hydrogens (tertiary/aromatic N) is 2. The molecule has 0 saturated carbocycles. The molecule has 2 heterocycles. The van der Waals surface area contributed by atoms with Gasteiger partial charge in [0.25, 0.3) is 0 Å². The molecule has 0 N–H and O–H groups in total. The summed E-state index contributed by atoms with van der Waals surface area (Å²) in [5.74, 6) is 2.14. The van der Waals surface area contributed by atoms with Crippen LogP contribution in [0, 0.1) is 6.92 Å². The largest absolute Gasteiger partial charge is 0.462 e. The van der Waals surface area contributed by atoms with Crippen LogP contribution in [0.1, 0.15) is 34.9 Å². The van der Waals surface area contributed by atoms with Crippen LogP contribution < -0.4 is 0 Å². The third-order valence-electron chi connectivity index (χ3n) is 2.60. The second-order valence-electron chi connectivity index (χ2n) is 3.88. The van der Waals surface area contributed by atoms with Crippen LogP contribution in [0.15, 0.2) is 6.20 Å². The van der Waals surface area contributed by atoms with Gasteiger partial charge in [0.1, 0.15) is 6.10 Å². The summed E-state index contributed by atoms with van der Waals surface area (Å²) in [4.78, 5) is 20.2. The van der Waals surface area contributed by atoms with Crippen LogP contribution in [0.2, 0.25) is 0 Å². The van der Waals surface area contributed by atoms with Crippen LogP contribution in [0.3, 0.4) is 0 Å². The molecule has 1 atom stereocenters. The van der Waals surface area contributed by atoms with Crippen molar-refractivity contribution in [2.24, 2.45) is 0 Å². The van der Waals surface area contributed by atoms with Crippen molar-refractivity contribution < 1.29 is 14.3 Å². The third kappa shape index (κ3) is 3.00. The minimum atomic E-state index is -0.375. The molecule has 1 aliphatic heterocycles. The Bertz CT molecular complexity index is 433. The maximum atomic E-state index is 11.6. The van der Waals surface area contributed by atoms with E-state index in [0.29, 0.717) is 23.7 Å². The first-order valence-corrected chi connectivity index (χ1v) is 7.08. The Morgan fingerprint density at radius 3 is 3.11 bits per heavy atom. The van der Waals surface area contributed by atoms with Crippen molar-refractivity contribution >= 4 is 17.7 Å². The predicted octanol–water partition coefficient (Wildman–Crippen LogP) is 1.77. The summed E-state index contributed by atoms with van der Waals surface area (Å²) >= 11 is 1.83. The summed E-state index contributed by atoms with van der Waals surface area (Å²) in [5.41, 5.74) is 1.06. The number of aromatic nitrogens is 2. The number of aryl methyl sites for hydroxylation is 1. The second-order valence-corrected chi connectivity index (χ2v) is 5.03. The first kappa shape index (κ1) is 13.3. The van der Waals surface area contributed by atoms with E-state index in [-0.39, 0.29) is 12.1 Å². The molecule has 1 aliphatic rings. The molecule has 1 unspecified atom stereocenters. The van der Waals surface area contributed by atoms with E-state index in [0.717, 1.165) is 18.1 Å². The standard InChI is InChI=1S/C12H16N2O3S/c1-3-16-12(15)9-6-13-11(14-8(9)2)10-7-18-5-4-17-10/h6,10H,3-5,7H2,1-2H3. The highest BCUT2D eigenvalue weighted by Gasteiger charge is 2.21. The molecule has 2 rings (SSSR count). The van der Waals surface area contributed by atoms with E-state index in [9.17, 15) is 4.79 Å². The van der Waals surface area contributed by atoms with Crippen molar-refractivity contribution in [2.45, 2.75) is 20.0 Å². The molecule has 0 aliphatic carbocycles. The normalized spacial score (nSPS) is 19.6. The van der Waals surface area contributed by atoms with Crippen molar-refractivity contribution in [1.82, 2.24) is 9.97 Å². The zero-order valence-electron chi connectivity index (χ0n) is 10.5. The monoisotopic (exact) mass is 268 g/mol. The number of rotatable bonds is 3. The number of thioether (sulfide) groups is 1. The highest BCUT2D eigenvalue weighted by Crippen LogP contribution is 2.24. The number of carbonyl (C=O) groups excluding carboxylic acids is 1. The highest BCUT2D eigenvalue weighted by atomic mass is 32.2. The second kappa shape index (κ2) is 6.15. The Morgan fingerprint density at radius 2 is 2.50 bits per heavy atom. The van der Waals surface area contributed by atoms with Crippen molar-refractivity contribution in [1.29, 1.82) is 0 Å². The van der Waals surface area contributed by atoms with Crippen molar-refractivity contribution in [3.63, 3.8) is 0 Å². The number of hydrogen-bond acceptors (Lipinski definition) is 6. The van der Waals surface area contributed by atoms with Gasteiger partial charge in [0, 0.05) is 17.7 Å². The van der Waals surface area contributed by atoms with Gasteiger partial charge in [-0.2, -0.15) is 11.8 Å². The van der Waals surface area contributed by atoms with Gasteiger partial charge < -0.3 is 9.47 Å². The van der Waals surface area contributed by atoms with E-state index >= 15 is 0 Å². The molecule has 98 valence electrons. The fraction of sp³-hybridized carbons (Fsp3) is 0.583. The van der Waals surface area contributed by atoms with Gasteiger partial charge in [-0.25, -0.2) is 14.8 Å². The molecule has 0 spiro atoms. The fourth-order valence-corrected chi connectivity index (χ4v) is 2.53. The Balaban J connectivity index is 2.16. The summed E-state index contributed by atoms with van der Waals surface area (Å²) in [6.07, 6.45) is 1.46. The van der Waals surface area contributed by atoms with E-state index in [1.165, 1.54) is 6.20 Å². The summed E-state index contributed by atoms with van der Waals surface area (Å²) < 4.78 is 10.5. The Hall–Kier alpha value is -1.14. The molecule has 1 aromatic rings. The van der Waals surface area contributed by atoms with E-state index < -0.39 is 0 Å². The molecule has 5 nitrogen and oxygen atoms in total. The molecule has 6 heteroatoms. The lowest BCUT2D eigenvalue weighted by Crippen LogP contribution is -2.19. The Labute approximate surface area is 110 Å². The van der Waals surface area contributed by atoms with Crippen LogP contribution in [0.5, 0.6) is 0 Å². The minimum Gasteiger partial charge on any atom is -0.462 e. The minimum absolute atomic E-state index is 0.0707. The molecular weight excluding hydrogens is 252 g/mol. The maximum absolute atomic E-state index is 11.6. The SMILES string of the molecule is CCOC(=O)c1cnc(C2CSCCO2)nc1C. The van der Waals surface area contributed by atoms with Crippen LogP contribution in [-0.4, -0.2) is 40.7 Å². The topological polar surface area (TPSA) is 61.3 Å². The van der Waals surface area contributed by atoms with Crippen molar-refractivity contribution in [2.75, 3.05) is 24.7 Å². The van der Waals surface area contributed by atoms with Gasteiger partial charge in [-0.15, -0.1) is 0 Å². The summed E-state index contributed by atoms with van der Waals surface area (Å²) in [6.45, 7) is 4.63. The molecule has 0 radical (unpaired) electrons. The van der Waals surface area contributed by atoms with Crippen LogP contribution in [-0.2, 0) is 9.47 Å². The Morgan fingerprint density at radius 1 is 1.67 bits per heavy atom. The number of carbonyl (C=O) groups is 1. The first-order valence-electron chi connectivity index (χ1n) is 5.92. The average molecular weight is 268 g/mol. The number of esters is 1. The first-order chi connectivity index (χ1) is 8.72. The lowest BCUT2D eigenvalue weighted by Gasteiger charge is -2.21. The van der Waals surface area contributed by atoms with Crippen molar-refractivity contribution in [3.05, 3.63) is 23.3 Å². The molecule has 0 amide bonds. The average Bonchev–Trinajstić information content (AvgIpc) is 2.40. The Kier molecular flexibility index (Phi) is 4.54. The van der Waals surface area contributed by atoms with Crippen LogP contribution in [0.25, 0.3) is 0 Å². The summed E-state index contributed by atoms with van der Waals surface area (Å²) in [7, 11) is 0. The predicted molar refractivity (Wildman–Crippen MR) is 68.7 cm³/mol. The molecule has 1 aromatic heterocycles. The zero-order chi connectivity index (χ0) is 13.0. The van der Waals surface area contributed by atoms with Crippen molar-refractivity contribution in [3.8, 4) is 0 Å². The number of ether oxygens (including phenoxy) is 2. The van der Waals surface area contributed by atoms with Gasteiger partial charge in [-0.3, -0.25) is 0 Å². The van der Waals surface area contributed by atoms with E-state index in [1.54, 1.807) is 13.8 Å². The van der Waals surface area contributed by atoms with Gasteiger partial charge in [-0.05, 0) is 13.8 Å². The highest BCUT2D eigenvalue weighted by molar-refractivity contribution is 7.99. The number of hydrogen-bond donors (Lipinski definition) is 0. The molecule has 1 saturated heterocycles. The summed E-state index contributed by atoms with van der Waals surface area (Å²) in [5, 5.41) is 0. The molecular formula is C12H16N2O3S. The van der Waals surface area contributed by atoms with Gasteiger partial charge in [0.05, 0.1) is 24.5 Å². The fourth-order valence-electron chi connectivity index (χ4n) is 1.69. The van der Waals surface area contributed by atoms with E-state index in [4.69, 9.17) is 9.47 Å². The maximum Gasteiger partial charge on any atom is 0.341 e. The van der Waals surface area contributed by atoms with E-state index in [2.05, 4.69) is 9.97 Å². The smallest absolute Gasteiger partial charge is 0.341 e. The van der Waals surface area contributed by atoms with E-state index in [1.807, 2.05) is 11.8 Å². The van der Waals surface area contributed by atoms with Gasteiger partial charge in [0.15, 0.2) is 5.82 Å².